The van der Waals surface area contributed by atoms with E-state index in [9.17, 15) is 0 Å². The van der Waals surface area contributed by atoms with Gasteiger partial charge in [-0.3, -0.25) is 0 Å². The molecule has 2 aromatic rings. The zero-order valence-corrected chi connectivity index (χ0v) is 12.4. The van der Waals surface area contributed by atoms with Crippen LogP contribution in [0.2, 0.25) is 0 Å². The highest BCUT2D eigenvalue weighted by molar-refractivity contribution is 9.10. The Hall–Kier alpha value is -1.09. The van der Waals surface area contributed by atoms with Crippen LogP contribution in [-0.4, -0.2) is 9.97 Å². The van der Waals surface area contributed by atoms with Crippen LogP contribution in [0.5, 0.6) is 0 Å². The number of benzene rings is 1. The number of hydrogen-bond acceptors (Lipinski definition) is 1. The molecule has 1 aromatic carbocycles. The Morgan fingerprint density at radius 3 is 2.63 bits per heavy atom. The molecule has 98 valence electrons. The lowest BCUT2D eigenvalue weighted by atomic mass is 9.88. The van der Waals surface area contributed by atoms with Crippen molar-refractivity contribution in [1.29, 1.82) is 0 Å². The number of nitrogens with zero attached hydrogens (tertiary/aromatic N) is 1. The Morgan fingerprint density at radius 2 is 1.95 bits per heavy atom. The first-order valence-electron chi connectivity index (χ1n) is 7.10. The van der Waals surface area contributed by atoms with Crippen molar-refractivity contribution in [2.45, 2.75) is 31.6 Å². The summed E-state index contributed by atoms with van der Waals surface area (Å²) in [6.07, 6.45) is 7.62. The fourth-order valence-electron chi connectivity index (χ4n) is 3.88. The number of fused-ring (bicyclic) bond motifs is 2. The van der Waals surface area contributed by atoms with Gasteiger partial charge in [0.05, 0.1) is 11.9 Å². The van der Waals surface area contributed by atoms with Crippen molar-refractivity contribution in [1.82, 2.24) is 9.97 Å². The van der Waals surface area contributed by atoms with Crippen LogP contribution < -0.4 is 0 Å². The van der Waals surface area contributed by atoms with Crippen LogP contribution in [0.4, 0.5) is 0 Å². The van der Waals surface area contributed by atoms with E-state index >= 15 is 0 Å². The summed E-state index contributed by atoms with van der Waals surface area (Å²) >= 11 is 3.47. The molecule has 2 fully saturated rings. The molecule has 2 nitrogen and oxygen atoms in total. The number of rotatable bonds is 2. The highest BCUT2D eigenvalue weighted by Crippen LogP contribution is 2.52. The summed E-state index contributed by atoms with van der Waals surface area (Å²) in [6.45, 7) is 0. The molecule has 2 aliphatic carbocycles. The third-order valence-electron chi connectivity index (χ3n) is 4.84. The molecular formula is C16H17BrN2. The van der Waals surface area contributed by atoms with Gasteiger partial charge in [0.2, 0.25) is 0 Å². The fraction of sp³-hybridized carbons (Fsp3) is 0.438. The van der Waals surface area contributed by atoms with Crippen LogP contribution in [0.3, 0.4) is 0 Å². The summed E-state index contributed by atoms with van der Waals surface area (Å²) in [5.74, 6) is 3.75. The Balaban J connectivity index is 1.61. The molecule has 0 saturated heterocycles. The van der Waals surface area contributed by atoms with Gasteiger partial charge in [0.25, 0.3) is 0 Å². The van der Waals surface area contributed by atoms with Crippen molar-refractivity contribution >= 4 is 15.9 Å². The minimum Gasteiger partial charge on any atom is -0.342 e. The van der Waals surface area contributed by atoms with Crippen molar-refractivity contribution < 1.29 is 0 Å². The Labute approximate surface area is 121 Å². The summed E-state index contributed by atoms with van der Waals surface area (Å²) in [6, 6.07) is 8.41. The van der Waals surface area contributed by atoms with Crippen molar-refractivity contribution in [3.63, 3.8) is 0 Å². The van der Waals surface area contributed by atoms with Gasteiger partial charge < -0.3 is 4.98 Å². The monoisotopic (exact) mass is 316 g/mol. The minimum absolute atomic E-state index is 0.683. The fourth-order valence-corrected chi connectivity index (χ4v) is 4.15. The van der Waals surface area contributed by atoms with Crippen LogP contribution in [0, 0.1) is 11.8 Å². The predicted molar refractivity (Wildman–Crippen MR) is 79.9 cm³/mol. The third-order valence-corrected chi connectivity index (χ3v) is 5.37. The van der Waals surface area contributed by atoms with Crippen LogP contribution in [0.25, 0.3) is 11.3 Å². The van der Waals surface area contributed by atoms with E-state index < -0.39 is 0 Å². The average molecular weight is 317 g/mol. The number of aromatic nitrogens is 2. The van der Waals surface area contributed by atoms with E-state index in [2.05, 4.69) is 50.2 Å². The molecular weight excluding hydrogens is 300 g/mol. The number of hydrogen-bond donors (Lipinski definition) is 1. The van der Waals surface area contributed by atoms with Gasteiger partial charge >= 0.3 is 0 Å². The molecule has 1 N–H and O–H groups in total. The Kier molecular flexibility index (Phi) is 2.76. The predicted octanol–water partition coefficient (Wildman–Crippen LogP) is 4.74. The van der Waals surface area contributed by atoms with E-state index in [1.165, 1.54) is 37.1 Å². The average Bonchev–Trinajstić information content (AvgIpc) is 3.15. The standard InChI is InChI=1S/C16H17BrN2/c17-13-5-3-11(4-6-13)15-9-18-16(19-15)14-8-10-1-2-12(14)7-10/h3-6,9-10,12,14H,1-2,7-8H2,(H,18,19)/t10?,12?,14-/m1/s1. The maximum atomic E-state index is 4.65. The summed E-state index contributed by atoms with van der Waals surface area (Å²) in [5, 5.41) is 0. The highest BCUT2D eigenvalue weighted by Gasteiger charge is 2.41. The minimum atomic E-state index is 0.683. The van der Waals surface area contributed by atoms with Gasteiger partial charge in [-0.2, -0.15) is 0 Å². The number of nitrogens with one attached hydrogen (secondary N) is 1. The number of imidazole rings is 1. The molecule has 2 bridgehead atoms. The largest absolute Gasteiger partial charge is 0.342 e. The van der Waals surface area contributed by atoms with Gasteiger partial charge in [-0.05, 0) is 48.8 Å². The topological polar surface area (TPSA) is 28.7 Å². The van der Waals surface area contributed by atoms with Crippen molar-refractivity contribution in [3.8, 4) is 11.3 Å². The van der Waals surface area contributed by atoms with Crippen LogP contribution in [-0.2, 0) is 0 Å². The molecule has 0 spiro atoms. The molecule has 2 aliphatic rings. The second-order valence-corrected chi connectivity index (χ2v) is 6.89. The highest BCUT2D eigenvalue weighted by atomic mass is 79.9. The summed E-state index contributed by atoms with van der Waals surface area (Å²) in [7, 11) is 0. The molecule has 1 aromatic heterocycles. The van der Waals surface area contributed by atoms with Gasteiger partial charge in [-0.15, -0.1) is 0 Å². The van der Waals surface area contributed by atoms with Crippen LogP contribution >= 0.6 is 15.9 Å². The first kappa shape index (κ1) is 11.7. The molecule has 2 saturated carbocycles. The van der Waals surface area contributed by atoms with E-state index in [0.717, 1.165) is 22.0 Å². The zero-order chi connectivity index (χ0) is 12.8. The smallest absolute Gasteiger partial charge is 0.109 e. The van der Waals surface area contributed by atoms with E-state index in [0.29, 0.717) is 5.92 Å². The molecule has 0 radical (unpaired) electrons. The summed E-state index contributed by atoms with van der Waals surface area (Å²) in [4.78, 5) is 8.20. The van der Waals surface area contributed by atoms with E-state index in [-0.39, 0.29) is 0 Å². The normalized spacial score (nSPS) is 29.0. The summed E-state index contributed by atoms with van der Waals surface area (Å²) in [5.41, 5.74) is 2.36. The van der Waals surface area contributed by atoms with Crippen molar-refractivity contribution in [2.75, 3.05) is 0 Å². The van der Waals surface area contributed by atoms with E-state index in [4.69, 9.17) is 0 Å². The number of aromatic amines is 1. The molecule has 0 amide bonds. The van der Waals surface area contributed by atoms with Gasteiger partial charge in [-0.1, -0.05) is 34.5 Å². The van der Waals surface area contributed by atoms with Crippen molar-refractivity contribution in [3.05, 3.63) is 40.8 Å². The lowest BCUT2D eigenvalue weighted by Gasteiger charge is -2.19. The number of halogens is 1. The third kappa shape index (κ3) is 2.04. The second-order valence-electron chi connectivity index (χ2n) is 5.97. The first-order chi connectivity index (χ1) is 9.29. The molecule has 3 heteroatoms. The van der Waals surface area contributed by atoms with E-state index in [1.54, 1.807) is 0 Å². The second kappa shape index (κ2) is 4.48. The molecule has 1 heterocycles. The van der Waals surface area contributed by atoms with Gasteiger partial charge in [0.1, 0.15) is 5.82 Å². The quantitative estimate of drug-likeness (QED) is 0.851. The van der Waals surface area contributed by atoms with Crippen molar-refractivity contribution in [2.24, 2.45) is 11.8 Å². The van der Waals surface area contributed by atoms with Gasteiger partial charge in [-0.25, -0.2) is 4.98 Å². The van der Waals surface area contributed by atoms with Crippen LogP contribution in [0.15, 0.2) is 34.9 Å². The molecule has 0 aliphatic heterocycles. The SMILES string of the molecule is Brc1ccc(-c2cnc([C@@H]3CC4CCC3C4)[nH]2)cc1. The van der Waals surface area contributed by atoms with Gasteiger partial charge in [0.15, 0.2) is 0 Å². The number of H-pyrrole nitrogens is 1. The van der Waals surface area contributed by atoms with Gasteiger partial charge in [0, 0.05) is 10.4 Å². The first-order valence-corrected chi connectivity index (χ1v) is 7.90. The maximum absolute atomic E-state index is 4.65. The van der Waals surface area contributed by atoms with Crippen LogP contribution in [0.1, 0.15) is 37.4 Å². The molecule has 4 rings (SSSR count). The Morgan fingerprint density at radius 1 is 1.11 bits per heavy atom. The lowest BCUT2D eigenvalue weighted by Crippen LogP contribution is -2.09. The molecule has 3 atom stereocenters. The molecule has 2 unspecified atom stereocenters. The Bertz CT molecular complexity index is 587. The lowest BCUT2D eigenvalue weighted by molar-refractivity contribution is 0.407. The van der Waals surface area contributed by atoms with E-state index in [1.807, 2.05) is 6.20 Å². The maximum Gasteiger partial charge on any atom is 0.109 e. The summed E-state index contributed by atoms with van der Waals surface area (Å²) < 4.78 is 1.11. The molecule has 19 heavy (non-hydrogen) atoms. The zero-order valence-electron chi connectivity index (χ0n) is 10.8.